The average Bonchev–Trinajstić information content (AvgIpc) is 3.80. The van der Waals surface area contributed by atoms with Gasteiger partial charge in [0.05, 0.1) is 12.2 Å². The Labute approximate surface area is 398 Å². The van der Waals surface area contributed by atoms with E-state index in [1.165, 1.54) is 38.5 Å². The fourth-order valence-electron chi connectivity index (χ4n) is 13.2. The number of aliphatic hydroxyl groups is 2. The normalized spacial score (nSPS) is 30.0. The molecule has 4 fully saturated rings. The van der Waals surface area contributed by atoms with Gasteiger partial charge in [0.1, 0.15) is 6.10 Å². The van der Waals surface area contributed by atoms with E-state index in [2.05, 4.69) is 39.5 Å². The van der Waals surface area contributed by atoms with Crippen LogP contribution in [0.3, 0.4) is 0 Å². The highest BCUT2D eigenvalue weighted by Gasteiger charge is 2.76. The molecule has 4 aliphatic carbocycles. The molecule has 1 saturated heterocycles. The number of carbonyl (C=O) groups is 4. The maximum absolute atomic E-state index is 14.7. The molecular weight excluding hydrogens is 835 g/mol. The number of Topliss-reactive ketones (excluding diaryl/α,β-unsaturated/α-hetero) is 1. The molecule has 9 atom stereocenters. The summed E-state index contributed by atoms with van der Waals surface area (Å²) in [7, 11) is 0. The van der Waals surface area contributed by atoms with E-state index in [9.17, 15) is 29.4 Å². The van der Waals surface area contributed by atoms with Crippen LogP contribution in [-0.2, 0) is 38.1 Å². The Hall–Kier alpha value is -2.44. The number of ether oxygens (including phenoxy) is 4. The quantitative estimate of drug-likeness (QED) is 0.0478. The van der Waals surface area contributed by atoms with Crippen LogP contribution in [0.4, 0.5) is 0 Å². The van der Waals surface area contributed by atoms with Gasteiger partial charge in [0.2, 0.25) is 5.78 Å². The number of unbranched alkanes of at least 4 members (excludes halogenated alkanes) is 11. The smallest absolute Gasteiger partial charge is 0.306 e. The van der Waals surface area contributed by atoms with Crippen LogP contribution in [0.5, 0.6) is 0 Å². The fourth-order valence-corrected chi connectivity index (χ4v) is 13.2. The Morgan fingerprint density at radius 1 is 0.833 bits per heavy atom. The van der Waals surface area contributed by atoms with Crippen LogP contribution in [0.25, 0.3) is 0 Å². The highest BCUT2D eigenvalue weighted by Crippen LogP contribution is 2.71. The summed E-state index contributed by atoms with van der Waals surface area (Å²) in [4.78, 5) is 55.6. The molecule has 0 aromatic heterocycles. The van der Waals surface area contributed by atoms with E-state index in [0.717, 1.165) is 115 Å². The van der Waals surface area contributed by atoms with Gasteiger partial charge in [-0.05, 0) is 146 Å². The van der Waals surface area contributed by atoms with E-state index < -0.39 is 34.9 Å². The first-order chi connectivity index (χ1) is 31.9. The molecule has 0 radical (unpaired) electrons. The number of esters is 2. The number of hydrogen-bond donors (Lipinski definition) is 2. The number of hydrogen-bond acceptors (Lipinski definition) is 11. The molecule has 0 aromatic carbocycles. The lowest BCUT2D eigenvalue weighted by Gasteiger charge is -2.60. The van der Waals surface area contributed by atoms with E-state index in [-0.39, 0.29) is 67.0 Å². The van der Waals surface area contributed by atoms with Gasteiger partial charge in [-0.1, -0.05) is 104 Å². The minimum absolute atomic E-state index is 0.00322. The molecule has 0 bridgehead atoms. The Bertz CT molecular complexity index is 1580. The summed E-state index contributed by atoms with van der Waals surface area (Å²) in [6.07, 6.45) is 27.7. The van der Waals surface area contributed by atoms with Crippen molar-refractivity contribution in [1.82, 2.24) is 4.90 Å². The maximum Gasteiger partial charge on any atom is 0.306 e. The molecule has 11 heteroatoms. The number of aliphatic hydroxyl groups excluding tert-OH is 2. The first-order valence-corrected chi connectivity index (χ1v) is 27.1. The molecule has 1 heterocycles. The molecule has 5 aliphatic rings. The minimum Gasteiger partial charge on any atom is -0.462 e. The zero-order valence-electron chi connectivity index (χ0n) is 42.0. The number of ketones is 2. The first-order valence-electron chi connectivity index (χ1n) is 27.1. The maximum atomic E-state index is 14.7. The molecule has 66 heavy (non-hydrogen) atoms. The molecule has 0 aromatic rings. The third-order valence-corrected chi connectivity index (χ3v) is 16.6. The number of allylic oxidation sites excluding steroid dienone is 4. The molecule has 2 N–H and O–H groups in total. The lowest BCUT2D eigenvalue weighted by molar-refractivity contribution is -0.207. The summed E-state index contributed by atoms with van der Waals surface area (Å²) < 4.78 is 25.2. The van der Waals surface area contributed by atoms with Crippen LogP contribution in [-0.4, -0.2) is 102 Å². The van der Waals surface area contributed by atoms with E-state index >= 15 is 0 Å². The SMILES string of the molecule is CCCCCCC(CCCCCC)OC(=O)CCCCCN(CCCCO)CCCCCC(=O)OCC(=O)C12OC(CCC)OC1CC1C3CCC4=CC(=O)C=CC4(C)C3C(O)CC12CC. The predicted octanol–water partition coefficient (Wildman–Crippen LogP) is 10.7. The molecular formula is C55H91NO10. The first kappa shape index (κ1) is 54.5. The Morgan fingerprint density at radius 2 is 1.47 bits per heavy atom. The molecule has 11 nitrogen and oxygen atoms in total. The van der Waals surface area contributed by atoms with Crippen LogP contribution in [0.2, 0.25) is 0 Å². The Morgan fingerprint density at radius 3 is 2.09 bits per heavy atom. The molecule has 376 valence electrons. The van der Waals surface area contributed by atoms with Gasteiger partial charge in [-0.15, -0.1) is 0 Å². The van der Waals surface area contributed by atoms with Gasteiger partial charge < -0.3 is 34.1 Å². The van der Waals surface area contributed by atoms with Crippen molar-refractivity contribution < 1.29 is 48.3 Å². The lowest BCUT2D eigenvalue weighted by Crippen LogP contribution is -2.64. The molecule has 0 amide bonds. The van der Waals surface area contributed by atoms with Gasteiger partial charge in [-0.25, -0.2) is 0 Å². The molecule has 5 rings (SSSR count). The van der Waals surface area contributed by atoms with E-state index in [1.807, 2.05) is 6.08 Å². The second-order valence-electron chi connectivity index (χ2n) is 21.0. The Kier molecular flexibility index (Phi) is 22.4. The summed E-state index contributed by atoms with van der Waals surface area (Å²) in [5.41, 5.74) is -1.31. The second kappa shape index (κ2) is 27.1. The number of carbonyl (C=O) groups excluding carboxylic acids is 4. The van der Waals surface area contributed by atoms with E-state index in [1.54, 1.807) is 12.2 Å². The molecule has 0 spiro atoms. The van der Waals surface area contributed by atoms with Crippen LogP contribution in [0.15, 0.2) is 23.8 Å². The fraction of sp³-hybridized carbons (Fsp3) is 0.855. The van der Waals surface area contributed by atoms with Crippen molar-refractivity contribution in [3.8, 4) is 0 Å². The van der Waals surface area contributed by atoms with Crippen molar-refractivity contribution in [3.05, 3.63) is 23.8 Å². The third kappa shape index (κ3) is 13.5. The second-order valence-corrected chi connectivity index (χ2v) is 21.0. The summed E-state index contributed by atoms with van der Waals surface area (Å²) in [5.74, 6) is -0.575. The van der Waals surface area contributed by atoms with E-state index in [0.29, 0.717) is 38.5 Å². The van der Waals surface area contributed by atoms with Crippen LogP contribution < -0.4 is 0 Å². The van der Waals surface area contributed by atoms with Crippen molar-refractivity contribution >= 4 is 23.5 Å². The van der Waals surface area contributed by atoms with Crippen molar-refractivity contribution in [1.29, 1.82) is 0 Å². The number of fused-ring (bicyclic) bond motifs is 7. The summed E-state index contributed by atoms with van der Waals surface area (Å²) >= 11 is 0. The van der Waals surface area contributed by atoms with Crippen molar-refractivity contribution in [2.75, 3.05) is 32.8 Å². The van der Waals surface area contributed by atoms with Gasteiger partial charge >= 0.3 is 11.9 Å². The van der Waals surface area contributed by atoms with Crippen LogP contribution >= 0.6 is 0 Å². The van der Waals surface area contributed by atoms with Gasteiger partial charge in [0.25, 0.3) is 0 Å². The molecule has 3 saturated carbocycles. The van der Waals surface area contributed by atoms with Crippen LogP contribution in [0.1, 0.15) is 208 Å². The summed E-state index contributed by atoms with van der Waals surface area (Å²) in [6.45, 7) is 13.3. The van der Waals surface area contributed by atoms with Gasteiger partial charge in [0, 0.05) is 36.2 Å². The van der Waals surface area contributed by atoms with Crippen molar-refractivity contribution in [3.63, 3.8) is 0 Å². The highest BCUT2D eigenvalue weighted by atomic mass is 16.7. The third-order valence-electron chi connectivity index (χ3n) is 16.6. The molecule has 1 aliphatic heterocycles. The Balaban J connectivity index is 1.07. The van der Waals surface area contributed by atoms with Crippen LogP contribution in [0, 0.1) is 28.6 Å². The van der Waals surface area contributed by atoms with Crippen molar-refractivity contribution in [2.45, 2.75) is 238 Å². The van der Waals surface area contributed by atoms with Crippen molar-refractivity contribution in [2.24, 2.45) is 28.6 Å². The zero-order valence-corrected chi connectivity index (χ0v) is 42.0. The van der Waals surface area contributed by atoms with E-state index in [4.69, 9.17) is 18.9 Å². The largest absolute Gasteiger partial charge is 0.462 e. The topological polar surface area (TPSA) is 149 Å². The number of nitrogens with zero attached hydrogens (tertiary/aromatic N) is 1. The highest BCUT2D eigenvalue weighted by molar-refractivity contribution is 6.01. The predicted molar refractivity (Wildman–Crippen MR) is 258 cm³/mol. The zero-order chi connectivity index (χ0) is 47.6. The van der Waals surface area contributed by atoms with Gasteiger partial charge in [-0.2, -0.15) is 0 Å². The summed E-state index contributed by atoms with van der Waals surface area (Å²) in [5, 5.41) is 21.6. The monoisotopic (exact) mass is 926 g/mol. The van der Waals surface area contributed by atoms with Gasteiger partial charge in [0.15, 0.2) is 24.3 Å². The number of rotatable bonds is 33. The standard InChI is InChI=1S/C55H91NO10/c1-6-10-12-16-25-43(26-17-13-11-7-2)64-50(62)28-19-15-21-34-56(35-22-23-36-57)33-20-14-18-27-49(61)63-40-47(60)55-48(65-51(66-55)24-8-3)38-45-44-30-29-41-37-42(58)31-32-53(41,5)52(44)46(59)39-54(45,55)9-4/h31-32,37,43-46,48,51-52,57,59H,6-30,33-36,38-40H2,1-5H3. The minimum atomic E-state index is -1.30. The lowest BCUT2D eigenvalue weighted by atomic mass is 9.45. The summed E-state index contributed by atoms with van der Waals surface area (Å²) in [6, 6.07) is 0. The molecule has 9 unspecified atom stereocenters. The van der Waals surface area contributed by atoms with Gasteiger partial charge in [-0.3, -0.25) is 19.2 Å². The average molecular weight is 926 g/mol.